The Kier molecular flexibility index (Phi) is 6.49. The minimum atomic E-state index is -0.434. The number of hydrogen-bond acceptors (Lipinski definition) is 4. The Bertz CT molecular complexity index is 813. The van der Waals surface area contributed by atoms with Crippen molar-refractivity contribution in [1.82, 2.24) is 0 Å². The van der Waals surface area contributed by atoms with Crippen molar-refractivity contribution in [2.24, 2.45) is 0 Å². The first kappa shape index (κ1) is 19.2. The molecule has 2 N–H and O–H groups in total. The highest BCUT2D eigenvalue weighted by Crippen LogP contribution is 2.18. The van der Waals surface area contributed by atoms with Gasteiger partial charge in [0.2, 0.25) is 11.8 Å². The van der Waals surface area contributed by atoms with Crippen LogP contribution in [-0.2, 0) is 14.3 Å². The molecule has 6 heteroatoms. The summed E-state index contributed by atoms with van der Waals surface area (Å²) in [6.07, 6.45) is -0.299. The molecule has 0 aromatic heterocycles. The molecule has 0 heterocycles. The monoisotopic (exact) mass is 354 g/mol. The normalized spacial score (nSPS) is 10.1. The number of rotatable bonds is 6. The van der Waals surface area contributed by atoms with E-state index in [4.69, 9.17) is 4.74 Å². The van der Waals surface area contributed by atoms with Crippen LogP contribution in [0.25, 0.3) is 0 Å². The zero-order valence-electron chi connectivity index (χ0n) is 15.1. The molecular formula is C20H22N2O4. The number of carbonyl (C=O) groups excluding carboxylic acids is 3. The molecule has 0 saturated heterocycles. The van der Waals surface area contributed by atoms with Crippen LogP contribution in [0.4, 0.5) is 11.4 Å². The standard InChI is InChI=1S/C20H22N2O4/c1-4-26-20(25)15-8-10-16(11-9-15)21-18(23)12-19(24)22-17-7-5-6-13(2)14(17)3/h5-11H,4,12H2,1-3H3,(H,21,23)(H,22,24). The summed E-state index contributed by atoms with van der Waals surface area (Å²) in [5.74, 6) is -1.24. The highest BCUT2D eigenvalue weighted by Gasteiger charge is 2.12. The van der Waals surface area contributed by atoms with Crippen LogP contribution in [0.1, 0.15) is 34.8 Å². The van der Waals surface area contributed by atoms with Crippen molar-refractivity contribution in [3.8, 4) is 0 Å². The van der Waals surface area contributed by atoms with Crippen molar-refractivity contribution in [3.63, 3.8) is 0 Å². The van der Waals surface area contributed by atoms with Gasteiger partial charge in [-0.1, -0.05) is 12.1 Å². The van der Waals surface area contributed by atoms with Gasteiger partial charge in [-0.15, -0.1) is 0 Å². The maximum absolute atomic E-state index is 12.1. The third-order valence-corrected chi connectivity index (χ3v) is 3.88. The van der Waals surface area contributed by atoms with Crippen LogP contribution in [0, 0.1) is 13.8 Å². The van der Waals surface area contributed by atoms with Crippen molar-refractivity contribution in [3.05, 3.63) is 59.2 Å². The van der Waals surface area contributed by atoms with Gasteiger partial charge in [0, 0.05) is 11.4 Å². The molecule has 0 bridgehead atoms. The number of nitrogens with one attached hydrogen (secondary N) is 2. The summed E-state index contributed by atoms with van der Waals surface area (Å²) in [7, 11) is 0. The van der Waals surface area contributed by atoms with E-state index in [-0.39, 0.29) is 12.3 Å². The fourth-order valence-corrected chi connectivity index (χ4v) is 2.34. The number of amides is 2. The van der Waals surface area contributed by atoms with Gasteiger partial charge >= 0.3 is 5.97 Å². The van der Waals surface area contributed by atoms with Crippen molar-refractivity contribution in [1.29, 1.82) is 0 Å². The molecule has 0 aliphatic rings. The van der Waals surface area contributed by atoms with Crippen LogP contribution >= 0.6 is 0 Å². The van der Waals surface area contributed by atoms with Crippen molar-refractivity contribution in [2.45, 2.75) is 27.2 Å². The molecule has 26 heavy (non-hydrogen) atoms. The fraction of sp³-hybridized carbons (Fsp3) is 0.250. The summed E-state index contributed by atoms with van der Waals surface area (Å²) in [6, 6.07) is 11.9. The van der Waals surface area contributed by atoms with Crippen LogP contribution in [0.15, 0.2) is 42.5 Å². The van der Waals surface area contributed by atoms with Gasteiger partial charge in [0.05, 0.1) is 12.2 Å². The number of aryl methyl sites for hydroxylation is 1. The highest BCUT2D eigenvalue weighted by molar-refractivity contribution is 6.08. The van der Waals surface area contributed by atoms with E-state index in [0.29, 0.717) is 23.5 Å². The maximum atomic E-state index is 12.1. The minimum absolute atomic E-state index is 0.298. The largest absolute Gasteiger partial charge is 0.462 e. The lowest BCUT2D eigenvalue weighted by Crippen LogP contribution is -2.21. The Hall–Kier alpha value is -3.15. The second-order valence-corrected chi connectivity index (χ2v) is 5.82. The first-order chi connectivity index (χ1) is 12.4. The van der Waals surface area contributed by atoms with Gasteiger partial charge in [0.15, 0.2) is 0 Å². The van der Waals surface area contributed by atoms with E-state index in [0.717, 1.165) is 11.1 Å². The third-order valence-electron chi connectivity index (χ3n) is 3.88. The molecule has 2 rings (SSSR count). The van der Waals surface area contributed by atoms with Crippen LogP contribution in [0.2, 0.25) is 0 Å². The van der Waals surface area contributed by atoms with Gasteiger partial charge in [0.1, 0.15) is 6.42 Å². The molecule has 0 unspecified atom stereocenters. The van der Waals surface area contributed by atoms with Gasteiger partial charge in [-0.25, -0.2) is 4.79 Å². The quantitative estimate of drug-likeness (QED) is 0.615. The first-order valence-electron chi connectivity index (χ1n) is 8.33. The average Bonchev–Trinajstić information content (AvgIpc) is 2.59. The second-order valence-electron chi connectivity index (χ2n) is 5.82. The minimum Gasteiger partial charge on any atom is -0.462 e. The van der Waals surface area contributed by atoms with Gasteiger partial charge in [-0.05, 0) is 62.2 Å². The molecule has 0 aliphatic carbocycles. The maximum Gasteiger partial charge on any atom is 0.338 e. The molecule has 0 aliphatic heterocycles. The summed E-state index contributed by atoms with van der Waals surface area (Å²) in [4.78, 5) is 35.7. The Morgan fingerprint density at radius 1 is 0.923 bits per heavy atom. The van der Waals surface area contributed by atoms with Crippen molar-refractivity contribution >= 4 is 29.2 Å². The Morgan fingerprint density at radius 3 is 2.23 bits per heavy atom. The SMILES string of the molecule is CCOC(=O)c1ccc(NC(=O)CC(=O)Nc2cccc(C)c2C)cc1. The van der Waals surface area contributed by atoms with Gasteiger partial charge in [-0.3, -0.25) is 9.59 Å². The predicted octanol–water partition coefficient (Wildman–Crippen LogP) is 3.45. The van der Waals surface area contributed by atoms with E-state index in [1.807, 2.05) is 26.0 Å². The van der Waals surface area contributed by atoms with Crippen molar-refractivity contribution < 1.29 is 19.1 Å². The van der Waals surface area contributed by atoms with Gasteiger partial charge < -0.3 is 15.4 Å². The number of anilines is 2. The number of esters is 1. The molecular weight excluding hydrogens is 332 g/mol. The summed E-state index contributed by atoms with van der Waals surface area (Å²) in [5.41, 5.74) is 3.63. The van der Waals surface area contributed by atoms with Crippen LogP contribution in [0.3, 0.4) is 0 Å². The zero-order chi connectivity index (χ0) is 19.1. The second kappa shape index (κ2) is 8.80. The van der Waals surface area contributed by atoms with Crippen LogP contribution < -0.4 is 10.6 Å². The molecule has 0 saturated carbocycles. The van der Waals surface area contributed by atoms with E-state index in [9.17, 15) is 14.4 Å². The van der Waals surface area contributed by atoms with Gasteiger partial charge in [-0.2, -0.15) is 0 Å². The molecule has 0 atom stereocenters. The molecule has 6 nitrogen and oxygen atoms in total. The fourth-order valence-electron chi connectivity index (χ4n) is 2.34. The van der Waals surface area contributed by atoms with E-state index in [2.05, 4.69) is 10.6 Å². The van der Waals surface area contributed by atoms with E-state index < -0.39 is 11.9 Å². The average molecular weight is 354 g/mol. The van der Waals surface area contributed by atoms with E-state index in [1.54, 1.807) is 37.3 Å². The smallest absolute Gasteiger partial charge is 0.338 e. The first-order valence-corrected chi connectivity index (χ1v) is 8.33. The zero-order valence-corrected chi connectivity index (χ0v) is 15.1. The van der Waals surface area contributed by atoms with E-state index in [1.165, 1.54) is 0 Å². The molecule has 2 aromatic rings. The van der Waals surface area contributed by atoms with Crippen LogP contribution in [-0.4, -0.2) is 24.4 Å². The number of hydrogen-bond donors (Lipinski definition) is 2. The number of carbonyl (C=O) groups is 3. The summed E-state index contributed by atoms with van der Waals surface area (Å²) < 4.78 is 4.90. The summed E-state index contributed by atoms with van der Waals surface area (Å²) >= 11 is 0. The van der Waals surface area contributed by atoms with Crippen molar-refractivity contribution in [2.75, 3.05) is 17.2 Å². The summed E-state index contributed by atoms with van der Waals surface area (Å²) in [5, 5.41) is 5.38. The van der Waals surface area contributed by atoms with E-state index >= 15 is 0 Å². The third kappa shape index (κ3) is 5.17. The lowest BCUT2D eigenvalue weighted by atomic mass is 10.1. The van der Waals surface area contributed by atoms with Gasteiger partial charge in [0.25, 0.3) is 0 Å². The molecule has 0 radical (unpaired) electrons. The molecule has 2 amide bonds. The topological polar surface area (TPSA) is 84.5 Å². The van der Waals surface area contributed by atoms with Crippen LogP contribution in [0.5, 0.6) is 0 Å². The summed E-state index contributed by atoms with van der Waals surface area (Å²) in [6.45, 7) is 5.90. The molecule has 0 spiro atoms. The number of benzene rings is 2. The molecule has 136 valence electrons. The Morgan fingerprint density at radius 2 is 1.58 bits per heavy atom. The molecule has 0 fully saturated rings. The molecule has 2 aromatic carbocycles. The highest BCUT2D eigenvalue weighted by atomic mass is 16.5. The Balaban J connectivity index is 1.90. The lowest BCUT2D eigenvalue weighted by Gasteiger charge is -2.10. The lowest BCUT2D eigenvalue weighted by molar-refractivity contribution is -0.123. The Labute approximate surface area is 152 Å². The number of ether oxygens (including phenoxy) is 1. The predicted molar refractivity (Wildman–Crippen MR) is 100 cm³/mol.